The van der Waals surface area contributed by atoms with E-state index in [-0.39, 0.29) is 62.3 Å². The van der Waals surface area contributed by atoms with Gasteiger partial charge in [0.2, 0.25) is 0 Å². The molecule has 0 amide bonds. The van der Waals surface area contributed by atoms with Crippen molar-refractivity contribution in [2.24, 2.45) is 0 Å². The van der Waals surface area contributed by atoms with Gasteiger partial charge in [-0.25, -0.2) is 14.4 Å². The van der Waals surface area contributed by atoms with Gasteiger partial charge in [0, 0.05) is 66.9 Å². The minimum absolute atomic E-state index is 0.0803. The summed E-state index contributed by atoms with van der Waals surface area (Å²) in [7, 11) is 0. The van der Waals surface area contributed by atoms with Crippen LogP contribution in [0.3, 0.4) is 0 Å². The normalized spacial score (nSPS) is 11.7. The molecule has 18 nitrogen and oxygen atoms in total. The highest BCUT2D eigenvalue weighted by Crippen LogP contribution is 2.30. The Morgan fingerprint density at radius 2 is 0.679 bits per heavy atom. The molecule has 21 heteroatoms. The van der Waals surface area contributed by atoms with E-state index in [2.05, 4.69) is 0 Å². The van der Waals surface area contributed by atoms with Gasteiger partial charge in [0.25, 0.3) is 5.97 Å². The lowest BCUT2D eigenvalue weighted by Crippen LogP contribution is -2.41. The van der Waals surface area contributed by atoms with Crippen LogP contribution in [-0.4, -0.2) is 104 Å². The molecule has 0 atom stereocenters. The van der Waals surface area contributed by atoms with Crippen LogP contribution in [0.4, 0.5) is 0 Å². The third-order valence-electron chi connectivity index (χ3n) is 11.7. The Morgan fingerprint density at radius 3 is 0.987 bits per heavy atom. The zero-order chi connectivity index (χ0) is 54.3. The maximum atomic E-state index is 13.1. The number of hydrogen-bond acceptors (Lipinski definition) is 21. The highest BCUT2D eigenvalue weighted by atomic mass is 32.1. The molecule has 0 aliphatic carbocycles. The molecule has 0 unspecified atom stereocenters. The molecule has 0 fully saturated rings. The standard InChI is InChI=1S/C57H50O18S3/c1-2-57(73-33-64-21-24-67-51(58)30-70-36-15-18-48-42(27-36)54(61)39-9-3-6-12-45(39)76-48,74-34-65-22-25-68-52(59)31-71-37-16-19-49-43(28-37)55(62)40-10-4-7-13-46(40)77-49)75-35-66-23-26-69-53(60)32-72-38-17-20-50-44(29-38)56(63)41-11-5-8-14-47(41)78-50/h3-20,27-29H,2,21-26,30-35H2,1H3. The van der Waals surface area contributed by atoms with Crippen molar-refractivity contribution in [3.63, 3.8) is 0 Å². The maximum Gasteiger partial charge on any atom is 0.344 e. The largest absolute Gasteiger partial charge is 0.482 e. The Bertz CT molecular complexity index is 3390. The Kier molecular flexibility index (Phi) is 19.0. The van der Waals surface area contributed by atoms with Crippen LogP contribution < -0.4 is 30.5 Å². The van der Waals surface area contributed by atoms with Crippen molar-refractivity contribution in [1.29, 1.82) is 0 Å². The van der Waals surface area contributed by atoms with Gasteiger partial charge in [-0.3, -0.25) is 14.4 Å². The lowest BCUT2D eigenvalue weighted by Gasteiger charge is -2.31. The number of ether oxygens (including phenoxy) is 12. The molecule has 0 radical (unpaired) electrons. The zero-order valence-electron chi connectivity index (χ0n) is 41.9. The highest BCUT2D eigenvalue weighted by molar-refractivity contribution is 7.25. The third-order valence-corrected chi connectivity index (χ3v) is 15.2. The molecule has 3 heterocycles. The van der Waals surface area contributed by atoms with E-state index in [1.807, 2.05) is 54.6 Å². The molecule has 6 aromatic carbocycles. The highest BCUT2D eigenvalue weighted by Gasteiger charge is 2.32. The second-order valence-electron chi connectivity index (χ2n) is 16.8. The Morgan fingerprint density at radius 1 is 0.385 bits per heavy atom. The van der Waals surface area contributed by atoms with Gasteiger partial charge >= 0.3 is 17.9 Å². The number of rotatable bonds is 28. The molecule has 78 heavy (non-hydrogen) atoms. The Balaban J connectivity index is 0.702. The predicted octanol–water partition coefficient (Wildman–Crippen LogP) is 9.07. The average Bonchev–Trinajstić information content (AvgIpc) is 3.57. The van der Waals surface area contributed by atoms with Crippen LogP contribution in [0.1, 0.15) is 13.3 Å². The van der Waals surface area contributed by atoms with Crippen molar-refractivity contribution in [2.45, 2.75) is 19.3 Å². The second kappa shape index (κ2) is 26.7. The van der Waals surface area contributed by atoms with Crippen molar-refractivity contribution in [1.82, 2.24) is 0 Å². The van der Waals surface area contributed by atoms with E-state index in [1.54, 1.807) is 79.7 Å². The topological polar surface area (TPSA) is 213 Å². The number of fused-ring (bicyclic) bond motifs is 6. The van der Waals surface area contributed by atoms with Crippen LogP contribution in [0.15, 0.2) is 142 Å². The molecule has 0 N–H and O–H groups in total. The third kappa shape index (κ3) is 14.2. The van der Waals surface area contributed by atoms with Gasteiger partial charge in [-0.05, 0) is 91.0 Å². The number of esters is 3. The Hall–Kier alpha value is -7.44. The summed E-state index contributed by atoms with van der Waals surface area (Å²) in [5.41, 5.74) is -0.372. The lowest BCUT2D eigenvalue weighted by atomic mass is 10.2. The van der Waals surface area contributed by atoms with Crippen molar-refractivity contribution < 1.29 is 71.2 Å². The summed E-state index contributed by atoms with van der Waals surface area (Å²) in [5.74, 6) is -2.77. The predicted molar refractivity (Wildman–Crippen MR) is 295 cm³/mol. The fourth-order valence-electron chi connectivity index (χ4n) is 7.81. The van der Waals surface area contributed by atoms with Gasteiger partial charge in [-0.1, -0.05) is 43.3 Å². The molecule has 9 rings (SSSR count). The van der Waals surface area contributed by atoms with Gasteiger partial charge in [0.05, 0.1) is 19.8 Å². The summed E-state index contributed by atoms with van der Waals surface area (Å²) >= 11 is 4.46. The van der Waals surface area contributed by atoms with Gasteiger partial charge in [0.1, 0.15) is 37.1 Å². The first-order valence-corrected chi connectivity index (χ1v) is 26.9. The van der Waals surface area contributed by atoms with E-state index < -0.39 is 64.1 Å². The van der Waals surface area contributed by atoms with Gasteiger partial charge < -0.3 is 56.8 Å². The summed E-state index contributed by atoms with van der Waals surface area (Å²) in [6.45, 7) is -1.38. The van der Waals surface area contributed by atoms with Crippen molar-refractivity contribution >= 4 is 112 Å². The molecule has 0 saturated heterocycles. The average molecular weight is 1120 g/mol. The van der Waals surface area contributed by atoms with Crippen molar-refractivity contribution in [3.05, 3.63) is 158 Å². The fraction of sp³-hybridized carbons (Fsp3) is 0.263. The van der Waals surface area contributed by atoms with Crippen LogP contribution in [0.25, 0.3) is 60.5 Å². The number of benzene rings is 6. The van der Waals surface area contributed by atoms with Crippen LogP contribution in [0.5, 0.6) is 17.2 Å². The molecule has 0 bridgehead atoms. The molecule has 9 aromatic rings. The number of hydrogen-bond donors (Lipinski definition) is 0. The number of carbonyl (C=O) groups is 3. The van der Waals surface area contributed by atoms with Gasteiger partial charge in [-0.2, -0.15) is 0 Å². The second-order valence-corrected chi connectivity index (χ2v) is 20.1. The van der Waals surface area contributed by atoms with Gasteiger partial charge in [0.15, 0.2) is 56.5 Å². The number of carbonyl (C=O) groups excluding carboxylic acids is 3. The molecule has 0 spiro atoms. The van der Waals surface area contributed by atoms with E-state index in [0.29, 0.717) is 49.6 Å². The van der Waals surface area contributed by atoms with E-state index in [1.165, 1.54) is 34.0 Å². The summed E-state index contributed by atoms with van der Waals surface area (Å²) in [6, 6.07) is 37.3. The molecule has 404 valence electrons. The summed E-state index contributed by atoms with van der Waals surface area (Å²) in [4.78, 5) is 76.8. The van der Waals surface area contributed by atoms with Crippen molar-refractivity contribution in [2.75, 3.05) is 79.8 Å². The quantitative estimate of drug-likeness (QED) is 0.0147. The van der Waals surface area contributed by atoms with E-state index >= 15 is 0 Å². The first-order chi connectivity index (χ1) is 38.1. The van der Waals surface area contributed by atoms with Crippen LogP contribution in [0.2, 0.25) is 0 Å². The minimum Gasteiger partial charge on any atom is -0.482 e. The minimum atomic E-state index is -1.79. The molecule has 0 saturated carbocycles. The molecular weight excluding hydrogens is 1070 g/mol. The first kappa shape index (κ1) is 55.3. The summed E-state index contributed by atoms with van der Waals surface area (Å²) in [6.07, 6.45) is 0.0898. The fourth-order valence-corrected chi connectivity index (χ4v) is 11.0. The van der Waals surface area contributed by atoms with E-state index in [9.17, 15) is 28.8 Å². The van der Waals surface area contributed by atoms with Crippen molar-refractivity contribution in [3.8, 4) is 17.2 Å². The van der Waals surface area contributed by atoms with E-state index in [0.717, 1.165) is 28.2 Å². The lowest BCUT2D eigenvalue weighted by molar-refractivity contribution is -0.427. The summed E-state index contributed by atoms with van der Waals surface area (Å²) in [5, 5.41) is 3.28. The molecular formula is C57H50O18S3. The van der Waals surface area contributed by atoms with Crippen LogP contribution in [-0.2, 0) is 57.0 Å². The zero-order valence-corrected chi connectivity index (χ0v) is 44.3. The SMILES string of the molecule is CCC(OCOCCOC(=O)COc1ccc2sc3ccccc3c(=O)c2c1)(OCOCCOC(=O)COc1ccc2sc3ccccc3c(=O)c2c1)OCOCCOC(=O)COc1ccc2sc3ccccc3c(=O)c2c1. The summed E-state index contributed by atoms with van der Waals surface area (Å²) < 4.78 is 71.9. The first-order valence-electron chi connectivity index (χ1n) is 24.4. The molecule has 0 aliphatic heterocycles. The smallest absolute Gasteiger partial charge is 0.344 e. The molecule has 0 aliphatic rings. The monoisotopic (exact) mass is 1120 g/mol. The maximum absolute atomic E-state index is 13.1. The molecule has 3 aromatic heterocycles. The van der Waals surface area contributed by atoms with Crippen LogP contribution >= 0.6 is 34.0 Å². The van der Waals surface area contributed by atoms with E-state index in [4.69, 9.17) is 56.8 Å². The van der Waals surface area contributed by atoms with Crippen LogP contribution in [0, 0.1) is 0 Å². The van der Waals surface area contributed by atoms with Gasteiger partial charge in [-0.15, -0.1) is 34.0 Å². The Labute approximate surface area is 455 Å².